The highest BCUT2D eigenvalue weighted by Crippen LogP contribution is 2.34. The van der Waals surface area contributed by atoms with E-state index in [1.54, 1.807) is 46.0 Å². The summed E-state index contributed by atoms with van der Waals surface area (Å²) in [6.45, 7) is 4.75. The second-order valence-corrected chi connectivity index (χ2v) is 8.97. The highest BCUT2D eigenvalue weighted by molar-refractivity contribution is 7.22. The lowest BCUT2D eigenvalue weighted by atomic mass is 10.0. The molecular formula is C23H21N3OS2. The van der Waals surface area contributed by atoms with Crippen LogP contribution in [0, 0.1) is 0 Å². The van der Waals surface area contributed by atoms with Crippen LogP contribution in [-0.2, 0) is 11.3 Å². The number of amides is 1. The van der Waals surface area contributed by atoms with E-state index in [1.807, 2.05) is 35.7 Å². The molecular weight excluding hydrogens is 398 g/mol. The second-order valence-electron chi connectivity index (χ2n) is 6.98. The Bertz CT molecular complexity index is 1130. The molecule has 0 N–H and O–H groups in total. The Hall–Kier alpha value is -2.83. The van der Waals surface area contributed by atoms with Crippen molar-refractivity contribution in [2.24, 2.45) is 0 Å². The monoisotopic (exact) mass is 419 g/mol. The number of pyridine rings is 1. The molecule has 4 nitrogen and oxygen atoms in total. The first-order valence-electron chi connectivity index (χ1n) is 9.43. The van der Waals surface area contributed by atoms with E-state index in [-0.39, 0.29) is 5.91 Å². The van der Waals surface area contributed by atoms with Gasteiger partial charge in [0.25, 0.3) is 5.91 Å². The lowest BCUT2D eigenvalue weighted by Crippen LogP contribution is -2.28. The molecule has 0 atom stereocenters. The SMILES string of the molecule is CC(C)c1cccc2sc(N(Cc3cccnc3)C(=O)/C=C/c3cccs3)nc12. The molecule has 1 amide bonds. The maximum Gasteiger partial charge on any atom is 0.253 e. The quantitative estimate of drug-likeness (QED) is 0.354. The number of thiazole rings is 1. The van der Waals surface area contributed by atoms with Crippen LogP contribution in [0.25, 0.3) is 16.3 Å². The molecule has 1 aromatic carbocycles. The van der Waals surface area contributed by atoms with E-state index >= 15 is 0 Å². The Morgan fingerprint density at radius 2 is 2.07 bits per heavy atom. The predicted molar refractivity (Wildman–Crippen MR) is 122 cm³/mol. The zero-order valence-corrected chi connectivity index (χ0v) is 17.9. The number of fused-ring (bicyclic) bond motifs is 1. The molecule has 0 fully saturated rings. The van der Waals surface area contributed by atoms with Crippen LogP contribution in [0.3, 0.4) is 0 Å². The standard InChI is InChI=1S/C23H21N3OS2/c1-16(2)19-8-3-9-20-22(19)25-23(29-20)26(15-17-6-4-12-24-14-17)21(27)11-10-18-7-5-13-28-18/h3-14,16H,15H2,1-2H3/b11-10+. The van der Waals surface area contributed by atoms with Crippen LogP contribution in [0.4, 0.5) is 5.13 Å². The molecule has 0 aliphatic carbocycles. The number of anilines is 1. The van der Waals surface area contributed by atoms with E-state index in [0.29, 0.717) is 17.6 Å². The molecule has 0 saturated carbocycles. The van der Waals surface area contributed by atoms with Gasteiger partial charge in [0.05, 0.1) is 16.8 Å². The zero-order chi connectivity index (χ0) is 20.2. The smallest absolute Gasteiger partial charge is 0.253 e. The van der Waals surface area contributed by atoms with E-state index in [4.69, 9.17) is 4.98 Å². The fraction of sp³-hybridized carbons (Fsp3) is 0.174. The van der Waals surface area contributed by atoms with Gasteiger partial charge in [0, 0.05) is 23.3 Å². The Morgan fingerprint density at radius 1 is 1.17 bits per heavy atom. The number of hydrogen-bond acceptors (Lipinski definition) is 5. The highest BCUT2D eigenvalue weighted by atomic mass is 32.1. The minimum atomic E-state index is -0.0904. The summed E-state index contributed by atoms with van der Waals surface area (Å²) >= 11 is 3.15. The van der Waals surface area contributed by atoms with Gasteiger partial charge in [-0.1, -0.05) is 49.4 Å². The van der Waals surface area contributed by atoms with Crippen LogP contribution >= 0.6 is 22.7 Å². The number of rotatable bonds is 6. The summed E-state index contributed by atoms with van der Waals surface area (Å²) in [5.41, 5.74) is 3.15. The van der Waals surface area contributed by atoms with Gasteiger partial charge in [0.2, 0.25) is 0 Å². The van der Waals surface area contributed by atoms with Gasteiger partial charge >= 0.3 is 0 Å². The van der Waals surface area contributed by atoms with Crippen molar-refractivity contribution in [1.29, 1.82) is 0 Å². The Labute approximate surface area is 178 Å². The number of carbonyl (C=O) groups excluding carboxylic acids is 1. The van der Waals surface area contributed by atoms with Crippen molar-refractivity contribution in [1.82, 2.24) is 9.97 Å². The summed E-state index contributed by atoms with van der Waals surface area (Å²) in [5.74, 6) is 0.280. The molecule has 0 radical (unpaired) electrons. The van der Waals surface area contributed by atoms with Crippen LogP contribution in [0.15, 0.2) is 66.3 Å². The number of hydrogen-bond donors (Lipinski definition) is 0. The molecule has 4 rings (SSSR count). The number of para-hydroxylation sites is 1. The van der Waals surface area contributed by atoms with Crippen molar-refractivity contribution < 1.29 is 4.79 Å². The maximum atomic E-state index is 13.1. The van der Waals surface area contributed by atoms with Crippen molar-refractivity contribution in [2.75, 3.05) is 4.90 Å². The first kappa shape index (κ1) is 19.5. The third kappa shape index (κ3) is 4.44. The van der Waals surface area contributed by atoms with E-state index in [9.17, 15) is 4.79 Å². The van der Waals surface area contributed by atoms with Crippen molar-refractivity contribution in [3.63, 3.8) is 0 Å². The number of carbonyl (C=O) groups is 1. The Morgan fingerprint density at radius 3 is 2.79 bits per heavy atom. The summed E-state index contributed by atoms with van der Waals surface area (Å²) < 4.78 is 1.09. The van der Waals surface area contributed by atoms with Crippen LogP contribution < -0.4 is 4.90 Å². The largest absolute Gasteiger partial charge is 0.280 e. The van der Waals surface area contributed by atoms with Gasteiger partial charge in [0.15, 0.2) is 5.13 Å². The van der Waals surface area contributed by atoms with Crippen molar-refractivity contribution in [2.45, 2.75) is 26.3 Å². The lowest BCUT2D eigenvalue weighted by molar-refractivity contribution is -0.114. The van der Waals surface area contributed by atoms with Gasteiger partial charge in [-0.05, 0) is 46.7 Å². The van der Waals surface area contributed by atoms with E-state index in [1.165, 1.54) is 5.56 Å². The van der Waals surface area contributed by atoms with Crippen LogP contribution in [0.5, 0.6) is 0 Å². The van der Waals surface area contributed by atoms with E-state index in [2.05, 4.69) is 37.0 Å². The molecule has 0 saturated heterocycles. The minimum absolute atomic E-state index is 0.0904. The summed E-state index contributed by atoms with van der Waals surface area (Å²) in [5, 5.41) is 2.70. The minimum Gasteiger partial charge on any atom is -0.280 e. The highest BCUT2D eigenvalue weighted by Gasteiger charge is 2.20. The molecule has 0 bridgehead atoms. The topological polar surface area (TPSA) is 46.1 Å². The van der Waals surface area contributed by atoms with E-state index in [0.717, 1.165) is 20.7 Å². The van der Waals surface area contributed by atoms with Gasteiger partial charge in [-0.2, -0.15) is 0 Å². The van der Waals surface area contributed by atoms with Gasteiger partial charge in [0.1, 0.15) is 0 Å². The average molecular weight is 420 g/mol. The first-order valence-corrected chi connectivity index (χ1v) is 11.1. The summed E-state index contributed by atoms with van der Waals surface area (Å²) in [4.78, 5) is 25.0. The fourth-order valence-corrected chi connectivity index (χ4v) is 4.71. The summed E-state index contributed by atoms with van der Waals surface area (Å²) in [6, 6.07) is 14.1. The zero-order valence-electron chi connectivity index (χ0n) is 16.3. The maximum absolute atomic E-state index is 13.1. The van der Waals surface area contributed by atoms with Gasteiger partial charge in [-0.3, -0.25) is 14.7 Å². The molecule has 29 heavy (non-hydrogen) atoms. The molecule has 4 aromatic rings. The van der Waals surface area contributed by atoms with E-state index < -0.39 is 0 Å². The molecule has 0 unspecified atom stereocenters. The lowest BCUT2D eigenvalue weighted by Gasteiger charge is -2.18. The third-order valence-electron chi connectivity index (χ3n) is 4.55. The van der Waals surface area contributed by atoms with Crippen molar-refractivity contribution >= 4 is 50.0 Å². The molecule has 6 heteroatoms. The summed E-state index contributed by atoms with van der Waals surface area (Å²) in [7, 11) is 0. The Kier molecular flexibility index (Phi) is 5.83. The second kappa shape index (κ2) is 8.68. The Balaban J connectivity index is 1.72. The van der Waals surface area contributed by atoms with Crippen LogP contribution in [-0.4, -0.2) is 15.9 Å². The van der Waals surface area contributed by atoms with Crippen molar-refractivity contribution in [3.05, 3.63) is 82.3 Å². The predicted octanol–water partition coefficient (Wildman–Crippen LogP) is 6.12. The molecule has 0 aliphatic heterocycles. The molecule has 146 valence electrons. The molecule has 3 heterocycles. The average Bonchev–Trinajstić information content (AvgIpc) is 3.40. The molecule has 3 aromatic heterocycles. The van der Waals surface area contributed by atoms with Gasteiger partial charge in [-0.25, -0.2) is 4.98 Å². The fourth-order valence-electron chi connectivity index (χ4n) is 3.08. The molecule has 0 spiro atoms. The number of thiophene rings is 1. The van der Waals surface area contributed by atoms with Crippen molar-refractivity contribution in [3.8, 4) is 0 Å². The normalized spacial score (nSPS) is 11.6. The first-order chi connectivity index (χ1) is 14.1. The number of benzene rings is 1. The number of nitrogens with zero attached hydrogens (tertiary/aromatic N) is 3. The van der Waals surface area contributed by atoms with Crippen LogP contribution in [0.1, 0.15) is 35.8 Å². The third-order valence-corrected chi connectivity index (χ3v) is 6.44. The number of aromatic nitrogens is 2. The van der Waals surface area contributed by atoms with Crippen LogP contribution in [0.2, 0.25) is 0 Å². The van der Waals surface area contributed by atoms with Gasteiger partial charge < -0.3 is 0 Å². The summed E-state index contributed by atoms with van der Waals surface area (Å²) in [6.07, 6.45) is 7.00. The molecule has 0 aliphatic rings. The van der Waals surface area contributed by atoms with Gasteiger partial charge in [-0.15, -0.1) is 11.3 Å².